The van der Waals surface area contributed by atoms with Crippen LogP contribution in [-0.4, -0.2) is 37.2 Å². The Morgan fingerprint density at radius 2 is 0.550 bits per heavy atom. The van der Waals surface area contributed by atoms with Crippen molar-refractivity contribution in [1.82, 2.24) is 0 Å². The summed E-state index contributed by atoms with van der Waals surface area (Å²) in [4.78, 5) is 38.0. The standard InChI is InChI=1S/C54H104O6/c1-6-7-8-9-10-11-17-26-31-36-41-46-54(57)60-51(48-59-53(56)45-40-35-30-25-21-16-19-23-28-33-38-43-50(4)5)47-58-52(55)44-39-34-29-24-20-15-13-12-14-18-22-27-32-37-42-49(2)3/h49-51H,6-48H2,1-5H3/t51-/m0/s1. The summed E-state index contributed by atoms with van der Waals surface area (Å²) >= 11 is 0. The van der Waals surface area contributed by atoms with Crippen LogP contribution in [0.15, 0.2) is 0 Å². The van der Waals surface area contributed by atoms with Gasteiger partial charge < -0.3 is 14.2 Å². The molecule has 356 valence electrons. The maximum atomic E-state index is 12.8. The van der Waals surface area contributed by atoms with Crippen LogP contribution in [0.5, 0.6) is 0 Å². The minimum atomic E-state index is -0.761. The molecular weight excluding hydrogens is 745 g/mol. The van der Waals surface area contributed by atoms with Crippen molar-refractivity contribution >= 4 is 17.9 Å². The number of rotatable bonds is 48. The van der Waals surface area contributed by atoms with Crippen LogP contribution in [0, 0.1) is 11.8 Å². The number of ether oxygens (including phenoxy) is 3. The van der Waals surface area contributed by atoms with E-state index in [-0.39, 0.29) is 31.1 Å². The van der Waals surface area contributed by atoms with Crippen LogP contribution in [0.1, 0.15) is 298 Å². The number of hydrogen-bond donors (Lipinski definition) is 0. The molecular formula is C54H104O6. The molecule has 0 spiro atoms. The molecule has 0 radical (unpaired) electrons. The van der Waals surface area contributed by atoms with E-state index in [1.807, 2.05) is 0 Å². The Labute approximate surface area is 374 Å². The molecule has 0 N–H and O–H groups in total. The van der Waals surface area contributed by atoms with Gasteiger partial charge in [0.2, 0.25) is 0 Å². The van der Waals surface area contributed by atoms with Crippen LogP contribution in [0.25, 0.3) is 0 Å². The van der Waals surface area contributed by atoms with Crippen LogP contribution in [-0.2, 0) is 28.6 Å². The van der Waals surface area contributed by atoms with Crippen molar-refractivity contribution in [3.05, 3.63) is 0 Å². The van der Waals surface area contributed by atoms with E-state index >= 15 is 0 Å². The number of carbonyl (C=O) groups is 3. The van der Waals surface area contributed by atoms with Crippen LogP contribution >= 0.6 is 0 Å². The van der Waals surface area contributed by atoms with Gasteiger partial charge in [-0.05, 0) is 31.1 Å². The van der Waals surface area contributed by atoms with Gasteiger partial charge in [-0.2, -0.15) is 0 Å². The number of hydrogen-bond acceptors (Lipinski definition) is 6. The first-order valence-electron chi connectivity index (χ1n) is 26.7. The van der Waals surface area contributed by atoms with E-state index in [2.05, 4.69) is 34.6 Å². The fraction of sp³-hybridized carbons (Fsp3) is 0.944. The van der Waals surface area contributed by atoms with Crippen molar-refractivity contribution in [2.24, 2.45) is 11.8 Å². The fourth-order valence-corrected chi connectivity index (χ4v) is 8.17. The summed E-state index contributed by atoms with van der Waals surface area (Å²) in [6.45, 7) is 11.4. The van der Waals surface area contributed by atoms with Crippen LogP contribution in [0.3, 0.4) is 0 Å². The maximum absolute atomic E-state index is 12.8. The van der Waals surface area contributed by atoms with Crippen LogP contribution in [0.2, 0.25) is 0 Å². The smallest absolute Gasteiger partial charge is 0.306 e. The van der Waals surface area contributed by atoms with Crippen molar-refractivity contribution in [3.8, 4) is 0 Å². The van der Waals surface area contributed by atoms with E-state index < -0.39 is 6.10 Å². The molecule has 0 heterocycles. The zero-order chi connectivity index (χ0) is 44.0. The lowest BCUT2D eigenvalue weighted by Gasteiger charge is -2.18. The lowest BCUT2D eigenvalue weighted by molar-refractivity contribution is -0.167. The molecule has 6 heteroatoms. The van der Waals surface area contributed by atoms with Crippen LogP contribution in [0.4, 0.5) is 0 Å². The summed E-state index contributed by atoms with van der Waals surface area (Å²) in [6.07, 6.45) is 48.0. The van der Waals surface area contributed by atoms with E-state index in [9.17, 15) is 14.4 Å². The van der Waals surface area contributed by atoms with E-state index in [1.165, 1.54) is 186 Å². The highest BCUT2D eigenvalue weighted by atomic mass is 16.6. The van der Waals surface area contributed by atoms with Gasteiger partial charge in [-0.3, -0.25) is 14.4 Å². The first kappa shape index (κ1) is 58.4. The van der Waals surface area contributed by atoms with Gasteiger partial charge in [0.1, 0.15) is 13.2 Å². The Hall–Kier alpha value is -1.59. The summed E-state index contributed by atoms with van der Waals surface area (Å²) in [5.74, 6) is 0.826. The van der Waals surface area contributed by atoms with Gasteiger partial charge in [-0.1, -0.05) is 259 Å². The molecule has 1 atom stereocenters. The Balaban J connectivity index is 4.27. The normalized spacial score (nSPS) is 12.1. The Bertz CT molecular complexity index is 916. The first-order chi connectivity index (χ1) is 29.2. The summed E-state index contributed by atoms with van der Waals surface area (Å²) < 4.78 is 16.8. The largest absolute Gasteiger partial charge is 0.462 e. The molecule has 0 aromatic heterocycles. The van der Waals surface area contributed by atoms with Gasteiger partial charge in [-0.25, -0.2) is 0 Å². The first-order valence-corrected chi connectivity index (χ1v) is 26.7. The fourth-order valence-electron chi connectivity index (χ4n) is 8.17. The quantitative estimate of drug-likeness (QED) is 0.0345. The van der Waals surface area contributed by atoms with Gasteiger partial charge in [0, 0.05) is 19.3 Å². The summed E-state index contributed by atoms with van der Waals surface area (Å²) in [5, 5.41) is 0. The SMILES string of the molecule is CCCCCCCCCCCCCC(=O)O[C@@H](COC(=O)CCCCCCCCCCCCCCCCC(C)C)COC(=O)CCCCCCCCCCCCCC(C)C. The van der Waals surface area contributed by atoms with Gasteiger partial charge >= 0.3 is 17.9 Å². The van der Waals surface area contributed by atoms with E-state index in [1.54, 1.807) is 0 Å². The Morgan fingerprint density at radius 3 is 0.817 bits per heavy atom. The summed E-state index contributed by atoms with van der Waals surface area (Å²) in [6, 6.07) is 0. The van der Waals surface area contributed by atoms with Gasteiger partial charge in [0.05, 0.1) is 0 Å². The molecule has 0 aliphatic heterocycles. The van der Waals surface area contributed by atoms with Gasteiger partial charge in [-0.15, -0.1) is 0 Å². The van der Waals surface area contributed by atoms with Crippen LogP contribution < -0.4 is 0 Å². The number of esters is 3. The third-order valence-corrected chi connectivity index (χ3v) is 12.2. The Morgan fingerprint density at radius 1 is 0.317 bits per heavy atom. The van der Waals surface area contributed by atoms with Crippen molar-refractivity contribution in [2.75, 3.05) is 13.2 Å². The topological polar surface area (TPSA) is 78.9 Å². The zero-order valence-corrected chi connectivity index (χ0v) is 41.1. The van der Waals surface area contributed by atoms with E-state index in [0.29, 0.717) is 19.3 Å². The molecule has 0 saturated carbocycles. The van der Waals surface area contributed by atoms with E-state index in [4.69, 9.17) is 14.2 Å². The van der Waals surface area contributed by atoms with Gasteiger partial charge in [0.15, 0.2) is 6.10 Å². The molecule has 0 saturated heterocycles. The van der Waals surface area contributed by atoms with Crippen molar-refractivity contribution < 1.29 is 28.6 Å². The monoisotopic (exact) mass is 849 g/mol. The molecule has 0 bridgehead atoms. The van der Waals surface area contributed by atoms with Gasteiger partial charge in [0.25, 0.3) is 0 Å². The predicted molar refractivity (Wildman–Crippen MR) is 256 cm³/mol. The van der Waals surface area contributed by atoms with E-state index in [0.717, 1.165) is 69.6 Å². The predicted octanol–water partition coefficient (Wildman–Crippen LogP) is 17.3. The molecule has 0 amide bonds. The molecule has 0 aromatic carbocycles. The van der Waals surface area contributed by atoms with Crippen molar-refractivity contribution in [2.45, 2.75) is 304 Å². The lowest BCUT2D eigenvalue weighted by atomic mass is 10.0. The third kappa shape index (κ3) is 47.5. The highest BCUT2D eigenvalue weighted by Crippen LogP contribution is 2.17. The molecule has 60 heavy (non-hydrogen) atoms. The summed E-state index contributed by atoms with van der Waals surface area (Å²) in [7, 11) is 0. The lowest BCUT2D eigenvalue weighted by Crippen LogP contribution is -2.30. The summed E-state index contributed by atoms with van der Waals surface area (Å²) in [5.41, 5.74) is 0. The third-order valence-electron chi connectivity index (χ3n) is 12.2. The average Bonchev–Trinajstić information content (AvgIpc) is 3.22. The highest BCUT2D eigenvalue weighted by Gasteiger charge is 2.19. The minimum Gasteiger partial charge on any atom is -0.462 e. The average molecular weight is 849 g/mol. The molecule has 0 aromatic rings. The second-order valence-electron chi connectivity index (χ2n) is 19.5. The molecule has 0 aliphatic rings. The zero-order valence-electron chi connectivity index (χ0n) is 41.1. The number of unbranched alkanes of at least 4 members (excludes halogenated alkanes) is 33. The molecule has 0 fully saturated rings. The Kier molecular flexibility index (Phi) is 45.7. The minimum absolute atomic E-state index is 0.0633. The number of carbonyl (C=O) groups excluding carboxylic acids is 3. The molecule has 0 aliphatic carbocycles. The van der Waals surface area contributed by atoms with Crippen molar-refractivity contribution in [3.63, 3.8) is 0 Å². The molecule has 6 nitrogen and oxygen atoms in total. The second kappa shape index (κ2) is 46.9. The second-order valence-corrected chi connectivity index (χ2v) is 19.5. The molecule has 0 rings (SSSR count). The molecule has 0 unspecified atom stereocenters. The highest BCUT2D eigenvalue weighted by molar-refractivity contribution is 5.71. The van der Waals surface area contributed by atoms with Crippen molar-refractivity contribution in [1.29, 1.82) is 0 Å². The maximum Gasteiger partial charge on any atom is 0.306 e.